The van der Waals surface area contributed by atoms with Crippen LogP contribution >= 0.6 is 0 Å². The lowest BCUT2D eigenvalue weighted by Crippen LogP contribution is -2.37. The van der Waals surface area contributed by atoms with Crippen molar-refractivity contribution >= 4 is 24.6 Å². The van der Waals surface area contributed by atoms with Crippen LogP contribution < -0.4 is 10.5 Å². The van der Waals surface area contributed by atoms with Crippen LogP contribution in [0.25, 0.3) is 0 Å². The van der Waals surface area contributed by atoms with E-state index in [1.54, 1.807) is 0 Å². The molecule has 94 valence electrons. The summed E-state index contributed by atoms with van der Waals surface area (Å²) in [5.41, 5.74) is 3.58. The fourth-order valence-electron chi connectivity index (χ4n) is 1.86. The van der Waals surface area contributed by atoms with Gasteiger partial charge < -0.3 is 5.32 Å². The standard InChI is InChI=1S/C16H21NSi/c1-13-5-7-14(8-6-13)17-15-9-11-16(12-10-15)18(2,3)4/h5-12,17H,1-4H3. The summed E-state index contributed by atoms with van der Waals surface area (Å²) in [5.74, 6) is 0. The van der Waals surface area contributed by atoms with E-state index in [2.05, 4.69) is 80.4 Å². The van der Waals surface area contributed by atoms with Crippen LogP contribution in [0.5, 0.6) is 0 Å². The Labute approximate surface area is 111 Å². The third kappa shape index (κ3) is 3.23. The molecule has 18 heavy (non-hydrogen) atoms. The van der Waals surface area contributed by atoms with Crippen LogP contribution in [0.15, 0.2) is 48.5 Å². The van der Waals surface area contributed by atoms with Gasteiger partial charge in [0.05, 0.1) is 8.07 Å². The molecule has 0 aliphatic carbocycles. The molecule has 0 aliphatic rings. The van der Waals surface area contributed by atoms with Crippen LogP contribution in [-0.2, 0) is 0 Å². The molecule has 2 aromatic carbocycles. The van der Waals surface area contributed by atoms with Gasteiger partial charge in [-0.15, -0.1) is 0 Å². The summed E-state index contributed by atoms with van der Waals surface area (Å²) in [7, 11) is -1.18. The molecule has 1 nitrogen and oxygen atoms in total. The fourth-order valence-corrected chi connectivity index (χ4v) is 3.02. The van der Waals surface area contributed by atoms with Crippen molar-refractivity contribution < 1.29 is 0 Å². The summed E-state index contributed by atoms with van der Waals surface area (Å²) in [6.07, 6.45) is 0. The normalized spacial score (nSPS) is 11.3. The van der Waals surface area contributed by atoms with Crippen LogP contribution in [0, 0.1) is 6.92 Å². The Morgan fingerprint density at radius 1 is 0.722 bits per heavy atom. The van der Waals surface area contributed by atoms with Crippen molar-refractivity contribution in [3.8, 4) is 0 Å². The maximum absolute atomic E-state index is 3.43. The lowest BCUT2D eigenvalue weighted by molar-refractivity contribution is 1.45. The summed E-state index contributed by atoms with van der Waals surface area (Å²) < 4.78 is 0. The Bertz CT molecular complexity index is 506. The smallest absolute Gasteiger partial charge is 0.0775 e. The molecule has 0 heterocycles. The zero-order valence-electron chi connectivity index (χ0n) is 11.6. The van der Waals surface area contributed by atoms with E-state index in [0.29, 0.717) is 0 Å². The van der Waals surface area contributed by atoms with Crippen molar-refractivity contribution in [1.82, 2.24) is 0 Å². The second kappa shape index (κ2) is 4.98. The predicted molar refractivity (Wildman–Crippen MR) is 83.9 cm³/mol. The highest BCUT2D eigenvalue weighted by atomic mass is 28.3. The summed E-state index contributed by atoms with van der Waals surface area (Å²) >= 11 is 0. The van der Waals surface area contributed by atoms with E-state index in [1.165, 1.54) is 10.8 Å². The molecule has 0 spiro atoms. The summed E-state index contributed by atoms with van der Waals surface area (Å²) in [6, 6.07) is 17.3. The number of anilines is 2. The predicted octanol–water partition coefficient (Wildman–Crippen LogP) is 4.28. The monoisotopic (exact) mass is 255 g/mol. The van der Waals surface area contributed by atoms with Gasteiger partial charge in [0, 0.05) is 11.4 Å². The van der Waals surface area contributed by atoms with Gasteiger partial charge in [-0.3, -0.25) is 0 Å². The topological polar surface area (TPSA) is 12.0 Å². The summed E-state index contributed by atoms with van der Waals surface area (Å²) in [4.78, 5) is 0. The number of benzene rings is 2. The van der Waals surface area contributed by atoms with Crippen LogP contribution in [0.2, 0.25) is 19.6 Å². The average Bonchev–Trinajstić information content (AvgIpc) is 2.32. The first-order chi connectivity index (χ1) is 8.45. The van der Waals surface area contributed by atoms with Gasteiger partial charge in [0.1, 0.15) is 0 Å². The van der Waals surface area contributed by atoms with Gasteiger partial charge in [0.15, 0.2) is 0 Å². The van der Waals surface area contributed by atoms with Gasteiger partial charge in [-0.05, 0) is 31.2 Å². The Morgan fingerprint density at radius 3 is 1.61 bits per heavy atom. The van der Waals surface area contributed by atoms with Crippen LogP contribution in [0.4, 0.5) is 11.4 Å². The molecule has 0 aliphatic heterocycles. The number of hydrogen-bond donors (Lipinski definition) is 1. The average molecular weight is 255 g/mol. The summed E-state index contributed by atoms with van der Waals surface area (Å²) in [5, 5.41) is 4.92. The minimum absolute atomic E-state index is 1.14. The van der Waals surface area contributed by atoms with Crippen molar-refractivity contribution in [3.63, 3.8) is 0 Å². The first-order valence-corrected chi connectivity index (χ1v) is 9.89. The lowest BCUT2D eigenvalue weighted by atomic mass is 10.2. The molecule has 2 heteroatoms. The van der Waals surface area contributed by atoms with Gasteiger partial charge in [-0.1, -0.05) is 54.7 Å². The molecular weight excluding hydrogens is 234 g/mol. The van der Waals surface area contributed by atoms with E-state index in [9.17, 15) is 0 Å². The van der Waals surface area contributed by atoms with Crippen molar-refractivity contribution in [2.45, 2.75) is 26.6 Å². The number of rotatable bonds is 3. The third-order valence-corrected chi connectivity index (χ3v) is 5.16. The van der Waals surface area contributed by atoms with E-state index < -0.39 is 8.07 Å². The van der Waals surface area contributed by atoms with Crippen molar-refractivity contribution in [3.05, 3.63) is 54.1 Å². The Balaban J connectivity index is 2.13. The molecule has 0 unspecified atom stereocenters. The Kier molecular flexibility index (Phi) is 3.57. The second-order valence-electron chi connectivity index (χ2n) is 5.82. The zero-order chi connectivity index (χ0) is 13.2. The highest BCUT2D eigenvalue weighted by Crippen LogP contribution is 2.16. The van der Waals surface area contributed by atoms with Crippen molar-refractivity contribution in [1.29, 1.82) is 0 Å². The maximum atomic E-state index is 3.43. The molecule has 0 atom stereocenters. The highest BCUT2D eigenvalue weighted by molar-refractivity contribution is 6.88. The van der Waals surface area contributed by atoms with Gasteiger partial charge in [0.25, 0.3) is 0 Å². The summed E-state index contributed by atoms with van der Waals surface area (Å²) in [6.45, 7) is 9.22. The van der Waals surface area contributed by atoms with E-state index in [0.717, 1.165) is 11.4 Å². The van der Waals surface area contributed by atoms with Crippen LogP contribution in [0.3, 0.4) is 0 Å². The SMILES string of the molecule is Cc1ccc(Nc2ccc([Si](C)(C)C)cc2)cc1. The Hall–Kier alpha value is -1.54. The fraction of sp³-hybridized carbons (Fsp3) is 0.250. The first kappa shape index (κ1) is 12.9. The maximum Gasteiger partial charge on any atom is 0.0775 e. The molecule has 2 aromatic rings. The zero-order valence-corrected chi connectivity index (χ0v) is 12.6. The quantitative estimate of drug-likeness (QED) is 0.807. The molecule has 0 amide bonds. The van der Waals surface area contributed by atoms with E-state index in [-0.39, 0.29) is 0 Å². The minimum atomic E-state index is -1.18. The minimum Gasteiger partial charge on any atom is -0.356 e. The third-order valence-electron chi connectivity index (χ3n) is 3.09. The molecule has 0 saturated carbocycles. The van der Waals surface area contributed by atoms with Gasteiger partial charge >= 0.3 is 0 Å². The highest BCUT2D eigenvalue weighted by Gasteiger charge is 2.15. The molecule has 0 fully saturated rings. The number of aryl methyl sites for hydroxylation is 1. The molecular formula is C16H21NSi. The van der Waals surface area contributed by atoms with Gasteiger partial charge in [-0.25, -0.2) is 0 Å². The largest absolute Gasteiger partial charge is 0.356 e. The number of nitrogens with one attached hydrogen (secondary N) is 1. The molecule has 0 bridgehead atoms. The number of hydrogen-bond acceptors (Lipinski definition) is 1. The van der Waals surface area contributed by atoms with Crippen LogP contribution in [0.1, 0.15) is 5.56 Å². The first-order valence-electron chi connectivity index (χ1n) is 6.39. The van der Waals surface area contributed by atoms with E-state index >= 15 is 0 Å². The molecule has 0 saturated heterocycles. The molecule has 2 rings (SSSR count). The molecule has 0 aromatic heterocycles. The molecule has 1 N–H and O–H groups in total. The van der Waals surface area contributed by atoms with Crippen molar-refractivity contribution in [2.75, 3.05) is 5.32 Å². The van der Waals surface area contributed by atoms with Gasteiger partial charge in [0.2, 0.25) is 0 Å². The second-order valence-corrected chi connectivity index (χ2v) is 10.9. The Morgan fingerprint density at radius 2 is 1.17 bits per heavy atom. The molecule has 0 radical (unpaired) electrons. The van der Waals surface area contributed by atoms with Gasteiger partial charge in [-0.2, -0.15) is 0 Å². The van der Waals surface area contributed by atoms with Crippen LogP contribution in [-0.4, -0.2) is 8.07 Å². The van der Waals surface area contributed by atoms with Crippen molar-refractivity contribution in [2.24, 2.45) is 0 Å². The van der Waals surface area contributed by atoms with E-state index in [4.69, 9.17) is 0 Å². The van der Waals surface area contributed by atoms with E-state index in [1.807, 2.05) is 0 Å². The lowest BCUT2D eigenvalue weighted by Gasteiger charge is -2.17.